The van der Waals surface area contributed by atoms with Crippen LogP contribution in [0.3, 0.4) is 0 Å². The first-order valence-corrected chi connectivity index (χ1v) is 7.46. The van der Waals surface area contributed by atoms with E-state index < -0.39 is 12.0 Å². The number of carbonyl (C=O) groups is 2. The number of carbonyl (C=O) groups excluding carboxylic acids is 2. The lowest BCUT2D eigenvalue weighted by atomic mass is 9.98. The van der Waals surface area contributed by atoms with Gasteiger partial charge in [0.1, 0.15) is 10.6 Å². The minimum absolute atomic E-state index is 0.154. The van der Waals surface area contributed by atoms with Crippen molar-refractivity contribution in [1.82, 2.24) is 10.3 Å². The molecule has 1 amide bonds. The molecule has 1 fully saturated rings. The van der Waals surface area contributed by atoms with Crippen molar-refractivity contribution in [3.8, 4) is 5.75 Å². The van der Waals surface area contributed by atoms with Gasteiger partial charge in [0.25, 0.3) is 0 Å². The zero-order chi connectivity index (χ0) is 14.5. The van der Waals surface area contributed by atoms with Gasteiger partial charge in [-0.3, -0.25) is 4.79 Å². The Morgan fingerprint density at radius 2 is 2.15 bits per heavy atom. The summed E-state index contributed by atoms with van der Waals surface area (Å²) in [6.45, 7) is 1.41. The van der Waals surface area contributed by atoms with Crippen LogP contribution in [0.4, 0.5) is 0 Å². The smallest absolute Gasteiger partial charge is 0.334 e. The maximum atomic E-state index is 12.3. The zero-order valence-corrected chi connectivity index (χ0v) is 12.9. The molecule has 6 heteroatoms. The lowest BCUT2D eigenvalue weighted by molar-refractivity contribution is -0.140. The van der Waals surface area contributed by atoms with Crippen molar-refractivity contribution in [3.63, 3.8) is 0 Å². The Balaban J connectivity index is 2.09. The summed E-state index contributed by atoms with van der Waals surface area (Å²) in [5.41, 5.74) is 0. The molecule has 0 spiro atoms. The van der Waals surface area contributed by atoms with E-state index in [4.69, 9.17) is 4.74 Å². The van der Waals surface area contributed by atoms with E-state index in [9.17, 15) is 9.59 Å². The Kier molecular flexibility index (Phi) is 5.11. The van der Waals surface area contributed by atoms with Crippen LogP contribution in [0.15, 0.2) is 22.9 Å². The number of ether oxygens (including phenoxy) is 1. The van der Waals surface area contributed by atoms with E-state index in [1.807, 2.05) is 0 Å². The topological polar surface area (TPSA) is 68.3 Å². The predicted molar refractivity (Wildman–Crippen MR) is 77.1 cm³/mol. The lowest BCUT2D eigenvalue weighted by Crippen LogP contribution is -2.46. The molecule has 0 radical (unpaired) electrons. The predicted octanol–water partition coefficient (Wildman–Crippen LogP) is 2.44. The van der Waals surface area contributed by atoms with Gasteiger partial charge in [0, 0.05) is 13.1 Å². The number of amides is 1. The summed E-state index contributed by atoms with van der Waals surface area (Å²) in [5.74, 6) is -0.127. The zero-order valence-electron chi connectivity index (χ0n) is 11.3. The number of nitrogens with one attached hydrogen (secondary N) is 1. The number of esters is 1. The number of halogens is 1. The molecule has 1 aliphatic carbocycles. The van der Waals surface area contributed by atoms with Gasteiger partial charge >= 0.3 is 5.97 Å². The maximum absolute atomic E-state index is 12.3. The molecule has 1 saturated carbocycles. The molecule has 5 nitrogen and oxygen atoms in total. The molecule has 1 atom stereocenters. The minimum atomic E-state index is -0.581. The second kappa shape index (κ2) is 6.83. The fourth-order valence-electron chi connectivity index (χ4n) is 2.50. The van der Waals surface area contributed by atoms with Gasteiger partial charge in [0.2, 0.25) is 5.91 Å². The summed E-state index contributed by atoms with van der Waals surface area (Å²) in [5, 5.41) is 2.71. The van der Waals surface area contributed by atoms with Crippen molar-refractivity contribution in [2.75, 3.05) is 0 Å². The van der Waals surface area contributed by atoms with Gasteiger partial charge in [0.15, 0.2) is 5.75 Å². The third-order valence-electron chi connectivity index (χ3n) is 3.42. The Hall–Kier alpha value is -1.43. The van der Waals surface area contributed by atoms with Crippen LogP contribution in [-0.4, -0.2) is 22.9 Å². The highest BCUT2D eigenvalue weighted by atomic mass is 79.9. The highest BCUT2D eigenvalue weighted by molar-refractivity contribution is 9.10. The van der Waals surface area contributed by atoms with Crippen LogP contribution in [0.5, 0.6) is 5.75 Å². The Labute approximate surface area is 126 Å². The fourth-order valence-corrected chi connectivity index (χ4v) is 2.83. The molecule has 0 bridgehead atoms. The largest absolute Gasteiger partial charge is 0.422 e. The Morgan fingerprint density at radius 3 is 2.75 bits per heavy atom. The van der Waals surface area contributed by atoms with Crippen molar-refractivity contribution < 1.29 is 14.3 Å². The number of aromatic nitrogens is 1. The average molecular weight is 341 g/mol. The van der Waals surface area contributed by atoms with Crippen LogP contribution in [-0.2, 0) is 9.59 Å². The summed E-state index contributed by atoms with van der Waals surface area (Å²) < 4.78 is 5.83. The number of hydrogen-bond acceptors (Lipinski definition) is 4. The molecule has 0 aromatic carbocycles. The monoisotopic (exact) mass is 340 g/mol. The maximum Gasteiger partial charge on any atom is 0.334 e. The highest BCUT2D eigenvalue weighted by Crippen LogP contribution is 2.29. The first-order chi connectivity index (χ1) is 9.58. The number of rotatable bonds is 4. The molecular weight excluding hydrogens is 324 g/mol. The summed E-state index contributed by atoms with van der Waals surface area (Å²) in [6.07, 6.45) is 5.65. The van der Waals surface area contributed by atoms with Crippen LogP contribution in [0.25, 0.3) is 0 Å². The number of nitrogens with zero attached hydrogens (tertiary/aromatic N) is 1. The SMILES string of the molecule is CC(=O)NC(C(=O)Oc1cccnc1Br)C1CCCC1. The number of pyridine rings is 1. The standard InChI is InChI=1S/C14H17BrN2O3/c1-9(18)17-12(10-5-2-3-6-10)14(19)20-11-7-4-8-16-13(11)15/h4,7-8,10,12H,2-3,5-6H2,1H3,(H,17,18). The molecule has 1 N–H and O–H groups in total. The molecule has 1 aromatic heterocycles. The van der Waals surface area contributed by atoms with Crippen LogP contribution < -0.4 is 10.1 Å². The second-order valence-electron chi connectivity index (χ2n) is 4.94. The number of hydrogen-bond donors (Lipinski definition) is 1. The van der Waals surface area contributed by atoms with E-state index in [1.165, 1.54) is 6.92 Å². The van der Waals surface area contributed by atoms with E-state index in [0.717, 1.165) is 25.7 Å². The van der Waals surface area contributed by atoms with E-state index in [2.05, 4.69) is 26.2 Å². The molecule has 2 rings (SSSR count). The van der Waals surface area contributed by atoms with E-state index in [0.29, 0.717) is 10.4 Å². The van der Waals surface area contributed by atoms with Crippen LogP contribution in [0.1, 0.15) is 32.6 Å². The van der Waals surface area contributed by atoms with Crippen molar-refractivity contribution in [2.45, 2.75) is 38.6 Å². The van der Waals surface area contributed by atoms with Gasteiger partial charge in [-0.15, -0.1) is 0 Å². The van der Waals surface area contributed by atoms with Gasteiger partial charge in [-0.1, -0.05) is 12.8 Å². The summed E-state index contributed by atoms with van der Waals surface area (Å²) in [4.78, 5) is 27.6. The second-order valence-corrected chi connectivity index (χ2v) is 5.69. The minimum Gasteiger partial charge on any atom is -0.422 e. The summed E-state index contributed by atoms with van der Waals surface area (Å²) in [7, 11) is 0. The molecule has 1 unspecified atom stereocenters. The summed E-state index contributed by atoms with van der Waals surface area (Å²) in [6, 6.07) is 2.77. The molecular formula is C14H17BrN2O3. The first kappa shape index (κ1) is 15.0. The van der Waals surface area contributed by atoms with Gasteiger partial charge < -0.3 is 10.1 Å². The quantitative estimate of drug-likeness (QED) is 0.675. The highest BCUT2D eigenvalue weighted by Gasteiger charge is 2.33. The molecule has 20 heavy (non-hydrogen) atoms. The molecule has 108 valence electrons. The normalized spacial score (nSPS) is 16.7. The van der Waals surface area contributed by atoms with Crippen LogP contribution in [0.2, 0.25) is 0 Å². The van der Waals surface area contributed by atoms with Crippen LogP contribution in [0, 0.1) is 5.92 Å². The van der Waals surface area contributed by atoms with Crippen molar-refractivity contribution >= 4 is 27.8 Å². The van der Waals surface area contributed by atoms with E-state index >= 15 is 0 Å². The van der Waals surface area contributed by atoms with Crippen molar-refractivity contribution in [1.29, 1.82) is 0 Å². The molecule has 0 saturated heterocycles. The van der Waals surface area contributed by atoms with E-state index in [1.54, 1.807) is 18.3 Å². The van der Waals surface area contributed by atoms with Crippen molar-refractivity contribution in [3.05, 3.63) is 22.9 Å². The summed E-state index contributed by atoms with van der Waals surface area (Å²) >= 11 is 3.23. The third kappa shape index (κ3) is 3.79. The third-order valence-corrected chi connectivity index (χ3v) is 4.01. The van der Waals surface area contributed by atoms with Gasteiger partial charge in [-0.05, 0) is 46.8 Å². The van der Waals surface area contributed by atoms with Crippen LogP contribution >= 0.6 is 15.9 Å². The van der Waals surface area contributed by atoms with Crippen molar-refractivity contribution in [2.24, 2.45) is 5.92 Å². The molecule has 1 aromatic rings. The lowest BCUT2D eigenvalue weighted by Gasteiger charge is -2.22. The Bertz CT molecular complexity index is 501. The molecule has 0 aliphatic heterocycles. The molecule has 1 aliphatic rings. The fraction of sp³-hybridized carbons (Fsp3) is 0.500. The average Bonchev–Trinajstić information content (AvgIpc) is 2.92. The Morgan fingerprint density at radius 1 is 1.45 bits per heavy atom. The van der Waals surface area contributed by atoms with Gasteiger partial charge in [-0.25, -0.2) is 9.78 Å². The first-order valence-electron chi connectivity index (χ1n) is 6.67. The van der Waals surface area contributed by atoms with E-state index in [-0.39, 0.29) is 11.8 Å². The van der Waals surface area contributed by atoms with Gasteiger partial charge in [0.05, 0.1) is 0 Å². The van der Waals surface area contributed by atoms with Gasteiger partial charge in [-0.2, -0.15) is 0 Å². The molecule has 1 heterocycles.